The van der Waals surface area contributed by atoms with E-state index in [1.54, 1.807) is 0 Å². The number of hydrogen-bond donors (Lipinski definition) is 0. The predicted octanol–water partition coefficient (Wildman–Crippen LogP) is 5.59. The fraction of sp³-hybridized carbons (Fsp3) is 0.565. The van der Waals surface area contributed by atoms with E-state index in [1.165, 1.54) is 54.2 Å². The first-order valence-electron chi connectivity index (χ1n) is 10.8. The van der Waals surface area contributed by atoms with Crippen molar-refractivity contribution in [1.82, 2.24) is 14.5 Å². The van der Waals surface area contributed by atoms with E-state index < -0.39 is 0 Å². The molecule has 0 unspecified atom stereocenters. The van der Waals surface area contributed by atoms with E-state index in [4.69, 9.17) is 9.98 Å². The van der Waals surface area contributed by atoms with Gasteiger partial charge in [-0.15, -0.1) is 0 Å². The highest BCUT2D eigenvalue weighted by Gasteiger charge is 2.46. The molecule has 4 heterocycles. The van der Waals surface area contributed by atoms with Crippen molar-refractivity contribution in [2.75, 3.05) is 5.75 Å². The number of pyridine rings is 1. The van der Waals surface area contributed by atoms with Crippen molar-refractivity contribution in [3.63, 3.8) is 0 Å². The molecule has 2 fully saturated rings. The number of fused-ring (bicyclic) bond motifs is 1. The molecule has 28 heavy (non-hydrogen) atoms. The first-order valence-corrected chi connectivity index (χ1v) is 11.8. The summed E-state index contributed by atoms with van der Waals surface area (Å²) in [5.41, 5.74) is 5.40. The highest BCUT2D eigenvalue weighted by molar-refractivity contribution is 8.14. The predicted molar refractivity (Wildman–Crippen MR) is 117 cm³/mol. The van der Waals surface area contributed by atoms with Gasteiger partial charge in [0, 0.05) is 35.4 Å². The minimum absolute atomic E-state index is 0.0931. The lowest BCUT2D eigenvalue weighted by atomic mass is 9.95. The summed E-state index contributed by atoms with van der Waals surface area (Å²) in [5.74, 6) is 1.15. The normalized spacial score (nSPS) is 27.5. The van der Waals surface area contributed by atoms with Gasteiger partial charge in [-0.3, -0.25) is 9.98 Å². The summed E-state index contributed by atoms with van der Waals surface area (Å²) in [7, 11) is 0. The molecule has 5 rings (SSSR count). The summed E-state index contributed by atoms with van der Waals surface area (Å²) in [6.07, 6.45) is 8.45. The SMILES string of the molecule is CC[C@H]1CSC2=N[C@@H](c3ccccn3)[C@@H](c3cc(C)n(C4CCCC4)c3C)N21. The Hall–Kier alpha value is -1.75. The third kappa shape index (κ3) is 2.81. The van der Waals surface area contributed by atoms with E-state index in [0.29, 0.717) is 12.1 Å². The second kappa shape index (κ2) is 7.25. The minimum Gasteiger partial charge on any atom is -0.346 e. The zero-order chi connectivity index (χ0) is 19.3. The number of aliphatic imine (C=N–C) groups is 1. The van der Waals surface area contributed by atoms with Crippen LogP contribution in [0.5, 0.6) is 0 Å². The van der Waals surface area contributed by atoms with Gasteiger partial charge in [0.2, 0.25) is 0 Å². The lowest BCUT2D eigenvalue weighted by Crippen LogP contribution is -2.35. The third-order valence-electron chi connectivity index (χ3n) is 6.86. The first-order chi connectivity index (χ1) is 13.7. The molecule has 0 amide bonds. The molecule has 1 saturated heterocycles. The summed E-state index contributed by atoms with van der Waals surface area (Å²) in [6.45, 7) is 6.93. The molecule has 0 spiro atoms. The lowest BCUT2D eigenvalue weighted by Gasteiger charge is -2.32. The van der Waals surface area contributed by atoms with E-state index in [1.807, 2.05) is 24.0 Å². The van der Waals surface area contributed by atoms with Crippen LogP contribution in [0.4, 0.5) is 0 Å². The van der Waals surface area contributed by atoms with E-state index in [2.05, 4.69) is 48.4 Å². The van der Waals surface area contributed by atoms with Gasteiger partial charge in [-0.2, -0.15) is 0 Å². The number of nitrogens with zero attached hydrogens (tertiary/aromatic N) is 4. The Morgan fingerprint density at radius 3 is 2.71 bits per heavy atom. The molecule has 1 saturated carbocycles. The van der Waals surface area contributed by atoms with E-state index >= 15 is 0 Å². The second-order valence-electron chi connectivity index (χ2n) is 8.47. The largest absolute Gasteiger partial charge is 0.346 e. The smallest absolute Gasteiger partial charge is 0.160 e. The Morgan fingerprint density at radius 2 is 2.00 bits per heavy atom. The average Bonchev–Trinajstić information content (AvgIpc) is 3.47. The van der Waals surface area contributed by atoms with Crippen LogP contribution >= 0.6 is 11.8 Å². The van der Waals surface area contributed by atoms with Crippen LogP contribution < -0.4 is 0 Å². The van der Waals surface area contributed by atoms with Gasteiger partial charge in [-0.1, -0.05) is 37.6 Å². The van der Waals surface area contributed by atoms with E-state index in [-0.39, 0.29) is 12.1 Å². The molecule has 4 nitrogen and oxygen atoms in total. The molecule has 2 aliphatic heterocycles. The van der Waals surface area contributed by atoms with Crippen LogP contribution in [-0.2, 0) is 0 Å². The van der Waals surface area contributed by atoms with Gasteiger partial charge >= 0.3 is 0 Å². The maximum absolute atomic E-state index is 5.19. The van der Waals surface area contributed by atoms with Crippen molar-refractivity contribution in [3.05, 3.63) is 53.1 Å². The summed E-state index contributed by atoms with van der Waals surface area (Å²) in [5, 5.41) is 1.22. The van der Waals surface area contributed by atoms with Gasteiger partial charge in [0.05, 0.1) is 11.7 Å². The molecule has 2 aromatic heterocycles. The summed E-state index contributed by atoms with van der Waals surface area (Å²) in [4.78, 5) is 12.5. The van der Waals surface area contributed by atoms with Crippen molar-refractivity contribution in [2.24, 2.45) is 4.99 Å². The Balaban J connectivity index is 1.60. The monoisotopic (exact) mass is 394 g/mol. The Bertz CT molecular complexity index is 882. The molecule has 5 heteroatoms. The lowest BCUT2D eigenvalue weighted by molar-refractivity contribution is 0.254. The highest BCUT2D eigenvalue weighted by Crippen LogP contribution is 2.50. The molecule has 0 aromatic carbocycles. The van der Waals surface area contributed by atoms with Gasteiger partial charge in [-0.25, -0.2) is 0 Å². The maximum Gasteiger partial charge on any atom is 0.160 e. The molecule has 148 valence electrons. The van der Waals surface area contributed by atoms with Gasteiger partial charge in [-0.05, 0) is 56.9 Å². The zero-order valence-corrected chi connectivity index (χ0v) is 18.0. The van der Waals surface area contributed by atoms with E-state index in [0.717, 1.165) is 11.4 Å². The Kier molecular flexibility index (Phi) is 4.74. The fourth-order valence-corrected chi connectivity index (χ4v) is 6.85. The van der Waals surface area contributed by atoms with Crippen LogP contribution in [0.3, 0.4) is 0 Å². The van der Waals surface area contributed by atoms with Crippen LogP contribution in [0.2, 0.25) is 0 Å². The van der Waals surface area contributed by atoms with Crippen LogP contribution in [0.1, 0.15) is 79.8 Å². The molecule has 0 radical (unpaired) electrons. The molecule has 2 aromatic rings. The highest BCUT2D eigenvalue weighted by atomic mass is 32.2. The van der Waals surface area contributed by atoms with Crippen LogP contribution in [0.15, 0.2) is 35.5 Å². The molecule has 0 N–H and O–H groups in total. The molecule has 0 bridgehead atoms. The van der Waals surface area contributed by atoms with Crippen molar-refractivity contribution in [1.29, 1.82) is 0 Å². The fourth-order valence-electron chi connectivity index (χ4n) is 5.51. The number of rotatable bonds is 4. The number of hydrogen-bond acceptors (Lipinski definition) is 4. The van der Waals surface area contributed by atoms with Gasteiger partial charge in [0.1, 0.15) is 6.04 Å². The maximum atomic E-state index is 5.19. The number of amidine groups is 1. The molecule has 3 aliphatic rings. The van der Waals surface area contributed by atoms with Gasteiger partial charge in [0.25, 0.3) is 0 Å². The summed E-state index contributed by atoms with van der Waals surface area (Å²) < 4.78 is 2.62. The first kappa shape index (κ1) is 18.3. The number of aryl methyl sites for hydroxylation is 1. The minimum atomic E-state index is 0.0931. The zero-order valence-electron chi connectivity index (χ0n) is 17.1. The molecular formula is C23H30N4S. The Morgan fingerprint density at radius 1 is 1.18 bits per heavy atom. The topological polar surface area (TPSA) is 33.4 Å². The average molecular weight is 395 g/mol. The molecular weight excluding hydrogens is 364 g/mol. The van der Waals surface area contributed by atoms with Crippen molar-refractivity contribution in [3.8, 4) is 0 Å². The molecule has 1 aliphatic carbocycles. The number of thioether (sulfide) groups is 1. The van der Waals surface area contributed by atoms with E-state index in [9.17, 15) is 0 Å². The van der Waals surface area contributed by atoms with Crippen LogP contribution in [0.25, 0.3) is 0 Å². The third-order valence-corrected chi connectivity index (χ3v) is 7.99. The van der Waals surface area contributed by atoms with Crippen molar-refractivity contribution >= 4 is 16.9 Å². The van der Waals surface area contributed by atoms with Crippen molar-refractivity contribution < 1.29 is 0 Å². The van der Waals surface area contributed by atoms with Crippen LogP contribution in [0, 0.1) is 13.8 Å². The number of aromatic nitrogens is 2. The summed E-state index contributed by atoms with van der Waals surface area (Å²) >= 11 is 1.93. The summed E-state index contributed by atoms with van der Waals surface area (Å²) in [6, 6.07) is 10.3. The second-order valence-corrected chi connectivity index (χ2v) is 9.46. The van der Waals surface area contributed by atoms with Gasteiger partial charge in [0.15, 0.2) is 5.17 Å². The quantitative estimate of drug-likeness (QED) is 0.677. The Labute approximate surface area is 172 Å². The van der Waals surface area contributed by atoms with Gasteiger partial charge < -0.3 is 9.47 Å². The molecule has 3 atom stereocenters. The standard InChI is InChI=1S/C23H30N4S/c1-4-17-14-28-23-25-21(20-11-7-8-12-24-20)22(27(17)23)19-13-15(2)26(16(19)3)18-9-5-6-10-18/h7-8,11-13,17-18,21-22H,4-6,9-10,14H2,1-3H3/t17-,21-,22+/m0/s1. The van der Waals surface area contributed by atoms with Crippen molar-refractivity contribution in [2.45, 2.75) is 77.0 Å². The van der Waals surface area contributed by atoms with Crippen LogP contribution in [-0.4, -0.2) is 31.4 Å².